The molecule has 0 aromatic heterocycles. The van der Waals surface area contributed by atoms with Gasteiger partial charge >= 0.3 is 0 Å². The number of sulfonamides is 1. The minimum atomic E-state index is -4.29. The summed E-state index contributed by atoms with van der Waals surface area (Å²) in [6.45, 7) is 1.23. The molecule has 1 aliphatic rings. The van der Waals surface area contributed by atoms with Crippen molar-refractivity contribution in [2.45, 2.75) is 69.0 Å². The van der Waals surface area contributed by atoms with Gasteiger partial charge in [0.05, 0.1) is 24.8 Å². The average molecular weight is 626 g/mol. The van der Waals surface area contributed by atoms with Crippen molar-refractivity contribution in [3.8, 4) is 11.5 Å². The highest BCUT2D eigenvalue weighted by Crippen LogP contribution is 2.32. The Kier molecular flexibility index (Phi) is 11.2. The average Bonchev–Trinajstić information content (AvgIpc) is 3.04. The predicted molar refractivity (Wildman–Crippen MR) is 167 cm³/mol. The summed E-state index contributed by atoms with van der Waals surface area (Å²) in [6, 6.07) is 17.4. The number of para-hydroxylation sites is 1. The lowest BCUT2D eigenvalue weighted by atomic mass is 9.95. The van der Waals surface area contributed by atoms with Gasteiger partial charge in [0.25, 0.3) is 10.0 Å². The molecule has 44 heavy (non-hydrogen) atoms. The van der Waals surface area contributed by atoms with Gasteiger partial charge < -0.3 is 19.7 Å². The minimum absolute atomic E-state index is 0.00522. The van der Waals surface area contributed by atoms with Gasteiger partial charge in [0.1, 0.15) is 18.4 Å². The zero-order valence-corrected chi connectivity index (χ0v) is 26.2. The summed E-state index contributed by atoms with van der Waals surface area (Å²) in [4.78, 5) is 29.1. The summed E-state index contributed by atoms with van der Waals surface area (Å²) in [5.74, 6) is -0.716. The topological polar surface area (TPSA) is 105 Å². The zero-order chi connectivity index (χ0) is 31.7. The lowest BCUT2D eigenvalue weighted by molar-refractivity contribution is -0.140. The Bertz CT molecular complexity index is 1510. The van der Waals surface area contributed by atoms with Crippen LogP contribution in [0.1, 0.15) is 51.0 Å². The highest BCUT2D eigenvalue weighted by molar-refractivity contribution is 7.92. The second kappa shape index (κ2) is 15.1. The standard InChI is InChI=1S/C33H40FN3O6S/c1-4-29(33(39)35-26-11-7-5-8-12-26)36(22-24-15-17-25(34)18-16-24)32(38)23-37(27-13-9-6-10-14-27)44(40,41)28-19-20-30(42-2)31(21-28)43-3/h6,9-10,13-21,26,29H,4-5,7-8,11-12,22-23H2,1-3H3,(H,35,39). The van der Waals surface area contributed by atoms with Crippen molar-refractivity contribution in [2.24, 2.45) is 0 Å². The van der Waals surface area contributed by atoms with Crippen molar-refractivity contribution in [3.05, 3.63) is 84.2 Å². The molecule has 3 aromatic carbocycles. The molecule has 1 N–H and O–H groups in total. The van der Waals surface area contributed by atoms with Gasteiger partial charge in [-0.1, -0.05) is 56.5 Å². The number of hydrogen-bond acceptors (Lipinski definition) is 6. The molecule has 9 nitrogen and oxygen atoms in total. The highest BCUT2D eigenvalue weighted by atomic mass is 32.2. The molecule has 0 spiro atoms. The maximum absolute atomic E-state index is 14.2. The van der Waals surface area contributed by atoms with E-state index in [1.807, 2.05) is 6.92 Å². The van der Waals surface area contributed by atoms with Crippen LogP contribution in [0.25, 0.3) is 0 Å². The van der Waals surface area contributed by atoms with Crippen LogP contribution >= 0.6 is 0 Å². The molecule has 0 saturated heterocycles. The maximum atomic E-state index is 14.2. The largest absolute Gasteiger partial charge is 0.493 e. The van der Waals surface area contributed by atoms with Gasteiger partial charge in [-0.3, -0.25) is 13.9 Å². The summed E-state index contributed by atoms with van der Waals surface area (Å²) in [5.41, 5.74) is 0.884. The van der Waals surface area contributed by atoms with Crippen LogP contribution in [0.4, 0.5) is 10.1 Å². The molecule has 2 amide bonds. The first-order chi connectivity index (χ1) is 21.2. The van der Waals surface area contributed by atoms with Crippen LogP contribution in [0.3, 0.4) is 0 Å². The Labute approximate surface area is 259 Å². The number of rotatable bonds is 13. The van der Waals surface area contributed by atoms with Gasteiger partial charge in [0.15, 0.2) is 11.5 Å². The molecule has 1 aliphatic carbocycles. The molecule has 1 saturated carbocycles. The Morgan fingerprint density at radius 3 is 2.20 bits per heavy atom. The molecule has 0 bridgehead atoms. The lowest BCUT2D eigenvalue weighted by Gasteiger charge is -2.34. The van der Waals surface area contributed by atoms with Crippen molar-refractivity contribution in [1.82, 2.24) is 10.2 Å². The normalized spacial score (nSPS) is 14.4. The Morgan fingerprint density at radius 2 is 1.59 bits per heavy atom. The second-order valence-corrected chi connectivity index (χ2v) is 12.6. The summed E-state index contributed by atoms with van der Waals surface area (Å²) in [6.07, 6.45) is 5.24. The number of ether oxygens (including phenoxy) is 2. The Morgan fingerprint density at radius 1 is 0.932 bits per heavy atom. The number of carbonyl (C=O) groups is 2. The monoisotopic (exact) mass is 625 g/mol. The number of methoxy groups -OCH3 is 2. The van der Waals surface area contributed by atoms with E-state index in [-0.39, 0.29) is 34.8 Å². The molecule has 3 aromatic rings. The first-order valence-electron chi connectivity index (χ1n) is 14.8. The molecule has 236 valence electrons. The fraction of sp³-hybridized carbons (Fsp3) is 0.394. The van der Waals surface area contributed by atoms with Gasteiger partial charge in [-0.05, 0) is 61.2 Å². The quantitative estimate of drug-likeness (QED) is 0.277. The molecule has 0 radical (unpaired) electrons. The summed E-state index contributed by atoms with van der Waals surface area (Å²) >= 11 is 0. The van der Waals surface area contributed by atoms with Gasteiger partial charge in [-0.2, -0.15) is 0 Å². The van der Waals surface area contributed by atoms with Crippen molar-refractivity contribution in [2.75, 3.05) is 25.1 Å². The fourth-order valence-electron chi connectivity index (χ4n) is 5.48. The number of hydrogen-bond donors (Lipinski definition) is 1. The Balaban J connectivity index is 1.71. The molecule has 0 heterocycles. The zero-order valence-electron chi connectivity index (χ0n) is 25.4. The Hall–Kier alpha value is -4.12. The van der Waals surface area contributed by atoms with E-state index in [2.05, 4.69) is 5.32 Å². The number of carbonyl (C=O) groups excluding carboxylic acids is 2. The minimum Gasteiger partial charge on any atom is -0.493 e. The molecule has 11 heteroatoms. The lowest BCUT2D eigenvalue weighted by Crippen LogP contribution is -2.54. The van der Waals surface area contributed by atoms with Crippen LogP contribution in [0, 0.1) is 5.82 Å². The van der Waals surface area contributed by atoms with E-state index in [0.717, 1.165) is 36.4 Å². The molecule has 4 rings (SSSR count). The number of anilines is 1. The predicted octanol–water partition coefficient (Wildman–Crippen LogP) is 5.29. The van der Waals surface area contributed by atoms with Crippen LogP contribution in [0.15, 0.2) is 77.7 Å². The van der Waals surface area contributed by atoms with E-state index in [9.17, 15) is 22.4 Å². The van der Waals surface area contributed by atoms with E-state index in [1.54, 1.807) is 42.5 Å². The number of nitrogens with zero attached hydrogens (tertiary/aromatic N) is 2. The van der Waals surface area contributed by atoms with Crippen molar-refractivity contribution in [1.29, 1.82) is 0 Å². The van der Waals surface area contributed by atoms with Crippen molar-refractivity contribution in [3.63, 3.8) is 0 Å². The van der Waals surface area contributed by atoms with E-state index in [0.29, 0.717) is 17.7 Å². The maximum Gasteiger partial charge on any atom is 0.264 e. The van der Waals surface area contributed by atoms with Gasteiger partial charge in [0.2, 0.25) is 11.8 Å². The first-order valence-corrected chi connectivity index (χ1v) is 16.3. The van der Waals surface area contributed by atoms with Crippen LogP contribution in [0.2, 0.25) is 0 Å². The second-order valence-electron chi connectivity index (χ2n) is 10.8. The SMILES string of the molecule is CCC(C(=O)NC1CCCCC1)N(Cc1ccc(F)cc1)C(=O)CN(c1ccccc1)S(=O)(=O)c1ccc(OC)c(OC)c1. The molecule has 1 atom stereocenters. The van der Waals surface area contributed by atoms with Crippen molar-refractivity contribution >= 4 is 27.5 Å². The highest BCUT2D eigenvalue weighted by Gasteiger charge is 2.34. The van der Waals surface area contributed by atoms with Crippen LogP contribution < -0.4 is 19.1 Å². The van der Waals surface area contributed by atoms with Crippen LogP contribution in [-0.2, 0) is 26.2 Å². The third-order valence-corrected chi connectivity index (χ3v) is 9.64. The molecular formula is C33H40FN3O6S. The number of amides is 2. The molecule has 1 unspecified atom stereocenters. The third kappa shape index (κ3) is 7.88. The van der Waals surface area contributed by atoms with Crippen LogP contribution in [0.5, 0.6) is 11.5 Å². The fourth-order valence-corrected chi connectivity index (χ4v) is 6.91. The number of halogens is 1. The van der Waals surface area contributed by atoms with Gasteiger partial charge in [-0.15, -0.1) is 0 Å². The van der Waals surface area contributed by atoms with Gasteiger partial charge in [-0.25, -0.2) is 12.8 Å². The van der Waals surface area contributed by atoms with Crippen molar-refractivity contribution < 1.29 is 31.9 Å². The van der Waals surface area contributed by atoms with E-state index < -0.39 is 34.3 Å². The molecule has 0 aliphatic heterocycles. The molecule has 1 fully saturated rings. The third-order valence-electron chi connectivity index (χ3n) is 7.87. The first kappa shape index (κ1) is 32.8. The summed E-state index contributed by atoms with van der Waals surface area (Å²) in [7, 11) is -1.44. The smallest absolute Gasteiger partial charge is 0.264 e. The van der Waals surface area contributed by atoms with E-state index >= 15 is 0 Å². The van der Waals surface area contributed by atoms with Gasteiger partial charge in [0, 0.05) is 18.7 Å². The number of nitrogens with one attached hydrogen (secondary N) is 1. The van der Waals surface area contributed by atoms with E-state index in [4.69, 9.17) is 9.47 Å². The summed E-state index contributed by atoms with van der Waals surface area (Å²) < 4.78 is 53.6. The van der Waals surface area contributed by atoms with E-state index in [1.165, 1.54) is 49.5 Å². The van der Waals surface area contributed by atoms with Crippen LogP contribution in [-0.4, -0.2) is 58.0 Å². The summed E-state index contributed by atoms with van der Waals surface area (Å²) in [5, 5.41) is 3.11. The number of benzene rings is 3. The molecular weight excluding hydrogens is 585 g/mol.